The molecule has 10 rings (SSSR count). The van der Waals surface area contributed by atoms with Gasteiger partial charge in [-0.25, -0.2) is 36.3 Å². The SMILES string of the molecule is NS(=O)(=O)C1CN(CCC2CCOC2)C1.O=C(Nc1c2c(cc3c1CCC3)CCC2)NS(=O)(=O)C1CN(CCC2CCOC2)C1.O=C=Nc1c2c(cc3c1CCC3)CCC2. The second kappa shape index (κ2) is 19.0. The van der Waals surface area contributed by atoms with Gasteiger partial charge in [-0.05, 0) is 172 Å². The van der Waals surface area contributed by atoms with Crippen LogP contribution in [0.3, 0.4) is 0 Å². The van der Waals surface area contributed by atoms with E-state index in [9.17, 15) is 26.4 Å². The second-order valence-corrected chi connectivity index (χ2v) is 21.9. The molecule has 16 heteroatoms. The molecule has 0 aromatic heterocycles. The molecule has 0 bridgehead atoms. The fourth-order valence-corrected chi connectivity index (χ4v) is 12.6. The topological polar surface area (TPSA) is 190 Å². The number of hydrogen-bond acceptors (Lipinski definition) is 11. The molecule has 328 valence electrons. The van der Waals surface area contributed by atoms with Crippen LogP contribution < -0.4 is 15.2 Å². The van der Waals surface area contributed by atoms with E-state index in [4.69, 9.17) is 14.6 Å². The summed E-state index contributed by atoms with van der Waals surface area (Å²) in [6.07, 6.45) is 19.2. The fourth-order valence-electron chi connectivity index (χ4n) is 10.5. The third-order valence-electron chi connectivity index (χ3n) is 14.1. The molecule has 2 aromatic rings. The summed E-state index contributed by atoms with van der Waals surface area (Å²) in [6, 6.07) is 4.02. The normalized spacial score (nSPS) is 23.5. The quantitative estimate of drug-likeness (QED) is 0.218. The summed E-state index contributed by atoms with van der Waals surface area (Å²) < 4.78 is 60.2. The van der Waals surface area contributed by atoms with E-state index in [0.29, 0.717) is 38.0 Å². The average Bonchev–Trinajstić information content (AvgIpc) is 4.02. The summed E-state index contributed by atoms with van der Waals surface area (Å²) in [4.78, 5) is 31.3. The number of fused-ring (bicyclic) bond motifs is 4. The number of amides is 2. The van der Waals surface area contributed by atoms with E-state index in [-0.39, 0.29) is 5.25 Å². The molecule has 4 aliphatic carbocycles. The standard InChI is InChI=1S/C22H31N3O4S.C13H13NO.C9H18N2O3S/c26-22(23-21-19-5-1-3-16(19)11-17-4-2-6-20(17)21)24-30(27,28)18-12-25(13-18)9-7-15-8-10-29-14-15;15-8-14-13-11-5-1-3-9(11)7-10-4-2-6-12(10)13;10-15(12,13)9-5-11(6-9)3-1-8-2-4-14-7-8/h11,15,18H,1-10,12-14H2,(H2,23,24,26);7H,1-6H2;8-9H,1-7H2,(H2,10,12,13). The number of nitrogens with zero attached hydrogens (tertiary/aromatic N) is 3. The first-order valence-corrected chi connectivity index (χ1v) is 25.5. The summed E-state index contributed by atoms with van der Waals surface area (Å²) in [5.41, 5.74) is 12.4. The van der Waals surface area contributed by atoms with Gasteiger partial charge in [0.25, 0.3) is 0 Å². The average molecular weight is 867 g/mol. The van der Waals surface area contributed by atoms with Crippen molar-refractivity contribution < 1.29 is 35.9 Å². The number of nitrogens with two attached hydrogens (primary N) is 1. The van der Waals surface area contributed by atoms with E-state index >= 15 is 0 Å². The van der Waals surface area contributed by atoms with Crippen LogP contribution in [0, 0.1) is 11.8 Å². The predicted molar refractivity (Wildman–Crippen MR) is 230 cm³/mol. The zero-order chi connectivity index (χ0) is 41.9. The number of isocyanates is 1. The van der Waals surface area contributed by atoms with Crippen LogP contribution in [0.25, 0.3) is 0 Å². The van der Waals surface area contributed by atoms with Crippen molar-refractivity contribution in [3.05, 3.63) is 56.6 Å². The number of anilines is 1. The number of likely N-dealkylation sites (tertiary alicyclic amines) is 2. The second-order valence-electron chi connectivity index (χ2n) is 18.1. The molecule has 8 aliphatic rings. The molecule has 0 saturated carbocycles. The highest BCUT2D eigenvalue weighted by Gasteiger charge is 2.39. The lowest BCUT2D eigenvalue weighted by Crippen LogP contribution is -2.58. The van der Waals surface area contributed by atoms with Crippen LogP contribution in [0.2, 0.25) is 0 Å². The van der Waals surface area contributed by atoms with Gasteiger partial charge in [0.05, 0.1) is 5.69 Å². The summed E-state index contributed by atoms with van der Waals surface area (Å²) in [6.45, 7) is 7.47. The van der Waals surface area contributed by atoms with Gasteiger partial charge in [0, 0.05) is 58.3 Å². The molecule has 4 aliphatic heterocycles. The maximum atomic E-state index is 12.7. The molecule has 14 nitrogen and oxygen atoms in total. The molecule has 2 amide bonds. The van der Waals surface area contributed by atoms with Gasteiger partial charge in [-0.1, -0.05) is 12.1 Å². The van der Waals surface area contributed by atoms with Gasteiger partial charge in [-0.15, -0.1) is 0 Å². The summed E-state index contributed by atoms with van der Waals surface area (Å²) in [7, 11) is -6.97. The van der Waals surface area contributed by atoms with Gasteiger partial charge < -0.3 is 24.6 Å². The lowest BCUT2D eigenvalue weighted by molar-refractivity contribution is 0.156. The molecular formula is C44H62N6O8S2. The minimum atomic E-state index is -3.67. The summed E-state index contributed by atoms with van der Waals surface area (Å²) in [5, 5.41) is 7.11. The van der Waals surface area contributed by atoms with Gasteiger partial charge in [-0.2, -0.15) is 4.99 Å². The first-order chi connectivity index (χ1) is 28.9. The molecule has 0 spiro atoms. The predicted octanol–water partition coefficient (Wildman–Crippen LogP) is 4.24. The molecule has 2 atom stereocenters. The monoisotopic (exact) mass is 866 g/mol. The summed E-state index contributed by atoms with van der Waals surface area (Å²) >= 11 is 0. The number of urea groups is 1. The van der Waals surface area contributed by atoms with E-state index in [1.54, 1.807) is 6.08 Å². The van der Waals surface area contributed by atoms with Gasteiger partial charge in [0.1, 0.15) is 10.5 Å². The number of benzene rings is 2. The number of hydrogen-bond donors (Lipinski definition) is 3. The van der Waals surface area contributed by atoms with Gasteiger partial charge in [0.15, 0.2) is 0 Å². The van der Waals surface area contributed by atoms with E-state index < -0.39 is 31.3 Å². The van der Waals surface area contributed by atoms with Crippen molar-refractivity contribution >= 4 is 43.5 Å². The summed E-state index contributed by atoms with van der Waals surface area (Å²) in [5.74, 6) is 1.26. The molecule has 60 heavy (non-hydrogen) atoms. The third kappa shape index (κ3) is 10.2. The maximum absolute atomic E-state index is 12.7. The van der Waals surface area contributed by atoms with Gasteiger partial charge >= 0.3 is 6.03 Å². The minimum Gasteiger partial charge on any atom is -0.381 e. The molecule has 4 saturated heterocycles. The van der Waals surface area contributed by atoms with Crippen molar-refractivity contribution in [1.82, 2.24) is 14.5 Å². The zero-order valence-corrected chi connectivity index (χ0v) is 36.5. The van der Waals surface area contributed by atoms with Crippen molar-refractivity contribution in [3.63, 3.8) is 0 Å². The number of aryl methyl sites for hydroxylation is 4. The van der Waals surface area contributed by atoms with Crippen LogP contribution in [0.1, 0.15) is 95.9 Å². The number of sulfonamides is 2. The van der Waals surface area contributed by atoms with Crippen LogP contribution in [0.5, 0.6) is 0 Å². The Morgan fingerprint density at radius 2 is 1.15 bits per heavy atom. The Bertz CT molecular complexity index is 2100. The van der Waals surface area contributed by atoms with Crippen molar-refractivity contribution in [2.45, 2.75) is 113 Å². The van der Waals surface area contributed by atoms with Crippen LogP contribution in [-0.2, 0) is 85.7 Å². The van der Waals surface area contributed by atoms with E-state index in [1.165, 1.54) is 57.3 Å². The molecule has 2 unspecified atom stereocenters. The first-order valence-electron chi connectivity index (χ1n) is 22.3. The van der Waals surface area contributed by atoms with Crippen molar-refractivity contribution in [2.24, 2.45) is 22.0 Å². The lowest BCUT2D eigenvalue weighted by Gasteiger charge is -2.38. The Labute approximate surface area is 355 Å². The molecule has 0 radical (unpaired) electrons. The Morgan fingerprint density at radius 1 is 0.700 bits per heavy atom. The van der Waals surface area contributed by atoms with Gasteiger partial charge in [0.2, 0.25) is 26.1 Å². The molecule has 4 N–H and O–H groups in total. The van der Waals surface area contributed by atoms with Crippen LogP contribution in [-0.4, -0.2) is 115 Å². The van der Waals surface area contributed by atoms with Crippen LogP contribution >= 0.6 is 0 Å². The van der Waals surface area contributed by atoms with Crippen molar-refractivity contribution in [1.29, 1.82) is 0 Å². The van der Waals surface area contributed by atoms with Crippen LogP contribution in [0.15, 0.2) is 17.1 Å². The van der Waals surface area contributed by atoms with E-state index in [0.717, 1.165) is 141 Å². The Hall–Kier alpha value is -3.21. The Kier molecular flexibility index (Phi) is 13.8. The third-order valence-corrected chi connectivity index (χ3v) is 16.9. The highest BCUT2D eigenvalue weighted by molar-refractivity contribution is 7.90. The number of rotatable bonds is 11. The fraction of sp³-hybridized carbons (Fsp3) is 0.682. The number of carbonyl (C=O) groups excluding carboxylic acids is 2. The highest BCUT2D eigenvalue weighted by atomic mass is 32.2. The molecule has 4 heterocycles. The highest BCUT2D eigenvalue weighted by Crippen LogP contribution is 2.41. The number of ether oxygens (including phenoxy) is 2. The lowest BCUT2D eigenvalue weighted by atomic mass is 9.99. The van der Waals surface area contributed by atoms with Crippen LogP contribution in [0.4, 0.5) is 16.2 Å². The maximum Gasteiger partial charge on any atom is 0.332 e. The molecular weight excluding hydrogens is 805 g/mol. The van der Waals surface area contributed by atoms with E-state index in [2.05, 4.69) is 37.0 Å². The van der Waals surface area contributed by atoms with Crippen molar-refractivity contribution in [3.8, 4) is 0 Å². The van der Waals surface area contributed by atoms with Gasteiger partial charge in [-0.3, -0.25) is 0 Å². The number of primary sulfonamides is 1. The number of nitrogens with one attached hydrogen (secondary N) is 2. The molecule has 4 fully saturated rings. The first kappa shape index (κ1) is 43.4. The Morgan fingerprint density at radius 3 is 1.58 bits per heavy atom. The zero-order valence-electron chi connectivity index (χ0n) is 34.9. The largest absolute Gasteiger partial charge is 0.381 e. The van der Waals surface area contributed by atoms with E-state index in [1.807, 2.05) is 0 Å². The smallest absolute Gasteiger partial charge is 0.332 e. The Balaban J connectivity index is 0.000000139. The number of carbonyl (C=O) groups is 1. The molecule has 2 aromatic carbocycles. The van der Waals surface area contributed by atoms with Crippen molar-refractivity contribution in [2.75, 3.05) is 71.0 Å². The minimum absolute atomic E-state index is 0.336. The number of aliphatic imine (C=N–C) groups is 1.